The molecular weight excluding hydrogens is 402 g/mol. The van der Waals surface area contributed by atoms with Crippen molar-refractivity contribution in [2.24, 2.45) is 0 Å². The van der Waals surface area contributed by atoms with E-state index in [9.17, 15) is 13.2 Å². The fraction of sp³-hybridized carbons (Fsp3) is 0.118. The van der Waals surface area contributed by atoms with Gasteiger partial charge in [0.25, 0.3) is 0 Å². The van der Waals surface area contributed by atoms with Crippen LogP contribution in [-0.4, -0.2) is 14.8 Å². The lowest BCUT2D eigenvalue weighted by Gasteiger charge is -2.15. The molecule has 0 saturated heterocycles. The minimum Gasteiger partial charge on any atom is -0.366 e. The van der Waals surface area contributed by atoms with E-state index in [1.807, 2.05) is 6.07 Å². The summed E-state index contributed by atoms with van der Waals surface area (Å²) >= 11 is 12.1. The SMILES string of the molecule is N#Cc1cc(NCc2ccncc2)n(-c2c(Cl)cc(C(F)(F)F)cc2Cl)n1. The van der Waals surface area contributed by atoms with E-state index in [2.05, 4.69) is 15.4 Å². The molecule has 0 aliphatic carbocycles. The van der Waals surface area contributed by atoms with Crippen LogP contribution in [0.4, 0.5) is 19.0 Å². The van der Waals surface area contributed by atoms with Gasteiger partial charge in [-0.1, -0.05) is 23.2 Å². The maximum absolute atomic E-state index is 12.9. The van der Waals surface area contributed by atoms with Crippen molar-refractivity contribution in [3.05, 3.63) is 69.6 Å². The fourth-order valence-corrected chi connectivity index (χ4v) is 3.00. The summed E-state index contributed by atoms with van der Waals surface area (Å²) in [6, 6.07) is 8.44. The van der Waals surface area contributed by atoms with E-state index in [0.717, 1.165) is 17.7 Å². The topological polar surface area (TPSA) is 66.5 Å². The molecule has 1 N–H and O–H groups in total. The second kappa shape index (κ2) is 7.47. The Labute approximate surface area is 162 Å². The Morgan fingerprint density at radius 3 is 2.30 bits per heavy atom. The van der Waals surface area contributed by atoms with E-state index >= 15 is 0 Å². The number of hydrogen-bond donors (Lipinski definition) is 1. The molecule has 10 heteroatoms. The van der Waals surface area contributed by atoms with Crippen LogP contribution in [0.1, 0.15) is 16.8 Å². The van der Waals surface area contributed by atoms with E-state index in [-0.39, 0.29) is 21.4 Å². The summed E-state index contributed by atoms with van der Waals surface area (Å²) in [7, 11) is 0. The first-order valence-electron chi connectivity index (χ1n) is 7.49. The molecule has 0 aliphatic rings. The number of anilines is 1. The molecule has 2 heterocycles. The number of nitrogens with one attached hydrogen (secondary N) is 1. The molecule has 0 unspecified atom stereocenters. The summed E-state index contributed by atoms with van der Waals surface area (Å²) in [6.45, 7) is 0.370. The number of benzene rings is 1. The van der Waals surface area contributed by atoms with Gasteiger partial charge >= 0.3 is 6.18 Å². The third-order valence-electron chi connectivity index (χ3n) is 3.60. The number of alkyl halides is 3. The smallest absolute Gasteiger partial charge is 0.366 e. The zero-order valence-electron chi connectivity index (χ0n) is 13.4. The van der Waals surface area contributed by atoms with Crippen LogP contribution in [0.2, 0.25) is 10.0 Å². The summed E-state index contributed by atoms with van der Waals surface area (Å²) in [4.78, 5) is 3.92. The van der Waals surface area contributed by atoms with Crippen molar-refractivity contribution in [3.63, 3.8) is 0 Å². The summed E-state index contributed by atoms with van der Waals surface area (Å²) in [5.41, 5.74) is 0.0328. The van der Waals surface area contributed by atoms with Gasteiger partial charge in [0.05, 0.1) is 15.6 Å². The molecule has 0 atom stereocenters. The lowest BCUT2D eigenvalue weighted by atomic mass is 10.2. The van der Waals surface area contributed by atoms with Gasteiger partial charge in [0.15, 0.2) is 5.69 Å². The largest absolute Gasteiger partial charge is 0.416 e. The molecule has 0 amide bonds. The Morgan fingerprint density at radius 1 is 1.11 bits per heavy atom. The van der Waals surface area contributed by atoms with E-state index in [4.69, 9.17) is 28.5 Å². The molecule has 0 spiro atoms. The van der Waals surface area contributed by atoms with Gasteiger partial charge in [-0.25, -0.2) is 4.68 Å². The minimum atomic E-state index is -4.59. The molecule has 138 valence electrons. The Morgan fingerprint density at radius 2 is 1.74 bits per heavy atom. The highest BCUT2D eigenvalue weighted by Crippen LogP contribution is 2.38. The van der Waals surface area contributed by atoms with Gasteiger partial charge in [-0.05, 0) is 29.8 Å². The van der Waals surface area contributed by atoms with Crippen LogP contribution in [0.25, 0.3) is 5.69 Å². The zero-order valence-corrected chi connectivity index (χ0v) is 14.9. The molecule has 3 rings (SSSR count). The molecule has 0 fully saturated rings. The molecule has 2 aromatic heterocycles. The van der Waals surface area contributed by atoms with Gasteiger partial charge < -0.3 is 5.32 Å². The maximum Gasteiger partial charge on any atom is 0.416 e. The fourth-order valence-electron chi connectivity index (χ4n) is 2.36. The van der Waals surface area contributed by atoms with Gasteiger partial charge in [-0.2, -0.15) is 23.5 Å². The lowest BCUT2D eigenvalue weighted by molar-refractivity contribution is -0.137. The first-order chi connectivity index (χ1) is 12.8. The van der Waals surface area contributed by atoms with E-state index in [1.54, 1.807) is 24.5 Å². The monoisotopic (exact) mass is 411 g/mol. The number of hydrogen-bond acceptors (Lipinski definition) is 4. The van der Waals surface area contributed by atoms with Gasteiger partial charge in [0, 0.05) is 25.0 Å². The number of rotatable bonds is 4. The minimum absolute atomic E-state index is 0.0464. The zero-order chi connectivity index (χ0) is 19.6. The number of nitrogens with zero attached hydrogens (tertiary/aromatic N) is 4. The van der Waals surface area contributed by atoms with Gasteiger partial charge in [-0.3, -0.25) is 4.98 Å². The van der Waals surface area contributed by atoms with Crippen molar-refractivity contribution in [3.8, 4) is 11.8 Å². The van der Waals surface area contributed by atoms with Gasteiger partial charge in [0.1, 0.15) is 17.6 Å². The highest BCUT2D eigenvalue weighted by atomic mass is 35.5. The first kappa shape index (κ1) is 19.0. The van der Waals surface area contributed by atoms with Crippen molar-refractivity contribution in [1.82, 2.24) is 14.8 Å². The Hall–Kier alpha value is -2.76. The molecule has 0 saturated carbocycles. The molecule has 5 nitrogen and oxygen atoms in total. The molecule has 27 heavy (non-hydrogen) atoms. The van der Waals surface area contributed by atoms with Crippen LogP contribution < -0.4 is 5.32 Å². The molecular formula is C17H10Cl2F3N5. The van der Waals surface area contributed by atoms with Crippen molar-refractivity contribution in [2.45, 2.75) is 12.7 Å². The van der Waals surface area contributed by atoms with Crippen molar-refractivity contribution in [1.29, 1.82) is 5.26 Å². The van der Waals surface area contributed by atoms with Crippen LogP contribution in [0.5, 0.6) is 0 Å². The summed E-state index contributed by atoms with van der Waals surface area (Å²) in [5, 5.41) is 15.8. The van der Waals surface area contributed by atoms with Crippen LogP contribution in [-0.2, 0) is 12.7 Å². The quantitative estimate of drug-likeness (QED) is 0.650. The maximum atomic E-state index is 12.9. The van der Waals surface area contributed by atoms with Crippen molar-refractivity contribution >= 4 is 29.0 Å². The number of nitriles is 1. The number of aromatic nitrogens is 3. The van der Waals surface area contributed by atoms with Crippen LogP contribution >= 0.6 is 23.2 Å². The molecule has 0 bridgehead atoms. The summed E-state index contributed by atoms with van der Waals surface area (Å²) < 4.78 is 40.0. The third kappa shape index (κ3) is 4.15. The summed E-state index contributed by atoms with van der Waals surface area (Å²) in [5.74, 6) is 0.354. The molecule has 0 radical (unpaired) electrons. The average molecular weight is 412 g/mol. The van der Waals surface area contributed by atoms with Gasteiger partial charge in [0.2, 0.25) is 0 Å². The second-order valence-electron chi connectivity index (χ2n) is 5.43. The Bertz CT molecular complexity index is 987. The second-order valence-corrected chi connectivity index (χ2v) is 6.25. The highest BCUT2D eigenvalue weighted by molar-refractivity contribution is 6.38. The van der Waals surface area contributed by atoms with E-state index in [1.165, 1.54) is 10.7 Å². The van der Waals surface area contributed by atoms with Gasteiger partial charge in [-0.15, -0.1) is 0 Å². The first-order valence-corrected chi connectivity index (χ1v) is 8.24. The van der Waals surface area contributed by atoms with Crippen LogP contribution in [0, 0.1) is 11.3 Å². The predicted octanol–water partition coefficient (Wildman–Crippen LogP) is 5.08. The third-order valence-corrected chi connectivity index (χ3v) is 4.18. The van der Waals surface area contributed by atoms with Crippen molar-refractivity contribution in [2.75, 3.05) is 5.32 Å². The lowest BCUT2D eigenvalue weighted by Crippen LogP contribution is -2.10. The van der Waals surface area contributed by atoms with Crippen LogP contribution in [0.15, 0.2) is 42.7 Å². The van der Waals surface area contributed by atoms with Crippen LogP contribution in [0.3, 0.4) is 0 Å². The van der Waals surface area contributed by atoms with E-state index in [0.29, 0.717) is 12.4 Å². The Kier molecular flexibility index (Phi) is 5.26. The Balaban J connectivity index is 2.02. The molecule has 3 aromatic rings. The summed E-state index contributed by atoms with van der Waals surface area (Å²) in [6.07, 6.45) is -1.34. The predicted molar refractivity (Wildman–Crippen MR) is 94.9 cm³/mol. The number of halogens is 5. The average Bonchev–Trinajstić information content (AvgIpc) is 3.02. The highest BCUT2D eigenvalue weighted by Gasteiger charge is 2.32. The normalized spacial score (nSPS) is 11.3. The molecule has 0 aliphatic heterocycles. The molecule has 1 aromatic carbocycles. The van der Waals surface area contributed by atoms with Crippen molar-refractivity contribution < 1.29 is 13.2 Å². The van der Waals surface area contributed by atoms with E-state index < -0.39 is 11.7 Å². The standard InChI is InChI=1S/C17H10Cl2F3N5/c18-13-5-11(17(20,21)22)6-14(19)16(13)27-15(7-12(8-23)26-27)25-9-10-1-3-24-4-2-10/h1-7,25H,9H2. The number of pyridine rings is 1.